The zero-order valence-corrected chi connectivity index (χ0v) is 11.9. The van der Waals surface area contributed by atoms with Crippen LogP contribution in [0.4, 0.5) is 0 Å². The molecule has 1 aliphatic rings. The van der Waals surface area contributed by atoms with Gasteiger partial charge in [0.05, 0.1) is 10.4 Å². The molecule has 0 unspecified atom stereocenters. The third kappa shape index (κ3) is 3.07. The summed E-state index contributed by atoms with van der Waals surface area (Å²) in [5.41, 5.74) is 5.70. The number of nitrogens with zero attached hydrogens (tertiary/aromatic N) is 1. The molecule has 1 aliphatic heterocycles. The summed E-state index contributed by atoms with van der Waals surface area (Å²) in [7, 11) is 0. The Morgan fingerprint density at radius 2 is 2.16 bits per heavy atom. The molecule has 19 heavy (non-hydrogen) atoms. The first kappa shape index (κ1) is 13.9. The van der Waals surface area contributed by atoms with Gasteiger partial charge in [0.25, 0.3) is 5.91 Å². The van der Waals surface area contributed by atoms with Crippen molar-refractivity contribution < 1.29 is 14.7 Å². The van der Waals surface area contributed by atoms with Gasteiger partial charge in [0.15, 0.2) is 0 Å². The van der Waals surface area contributed by atoms with Gasteiger partial charge in [-0.25, -0.2) is 0 Å². The highest BCUT2D eigenvalue weighted by atomic mass is 79.9. The number of piperidine rings is 1. The van der Waals surface area contributed by atoms with E-state index in [0.717, 1.165) is 12.8 Å². The van der Waals surface area contributed by atoms with E-state index in [9.17, 15) is 14.7 Å². The van der Waals surface area contributed by atoms with E-state index in [1.165, 1.54) is 6.07 Å². The van der Waals surface area contributed by atoms with E-state index >= 15 is 0 Å². The highest BCUT2D eigenvalue weighted by Crippen LogP contribution is 2.26. The quantitative estimate of drug-likeness (QED) is 0.863. The van der Waals surface area contributed by atoms with Gasteiger partial charge < -0.3 is 15.7 Å². The fourth-order valence-electron chi connectivity index (χ4n) is 2.22. The Balaban J connectivity index is 2.14. The molecular formula is C13H15BrN2O3. The molecule has 0 bridgehead atoms. The molecular weight excluding hydrogens is 312 g/mol. The Morgan fingerprint density at radius 3 is 2.79 bits per heavy atom. The Labute approximate surface area is 119 Å². The minimum Gasteiger partial charge on any atom is -0.507 e. The Bertz CT molecular complexity index is 519. The van der Waals surface area contributed by atoms with Crippen LogP contribution in [-0.4, -0.2) is 34.9 Å². The average molecular weight is 327 g/mol. The summed E-state index contributed by atoms with van der Waals surface area (Å²) in [6, 6.07) is 4.68. The molecule has 1 fully saturated rings. The SMILES string of the molecule is NC(=O)[C@@H]1CCCN(C(=O)c2ccc(Br)c(O)c2)C1. The van der Waals surface area contributed by atoms with Crippen molar-refractivity contribution in [3.63, 3.8) is 0 Å². The first-order chi connectivity index (χ1) is 8.99. The molecule has 3 N–H and O–H groups in total. The Morgan fingerprint density at radius 1 is 1.42 bits per heavy atom. The highest BCUT2D eigenvalue weighted by molar-refractivity contribution is 9.10. The first-order valence-corrected chi connectivity index (χ1v) is 6.85. The van der Waals surface area contributed by atoms with Crippen LogP contribution in [0.5, 0.6) is 5.75 Å². The van der Waals surface area contributed by atoms with Crippen LogP contribution in [0.1, 0.15) is 23.2 Å². The number of hydrogen-bond donors (Lipinski definition) is 2. The number of halogens is 1. The van der Waals surface area contributed by atoms with E-state index in [4.69, 9.17) is 5.73 Å². The van der Waals surface area contributed by atoms with E-state index in [1.807, 2.05) is 0 Å². The van der Waals surface area contributed by atoms with Crippen molar-refractivity contribution in [2.75, 3.05) is 13.1 Å². The van der Waals surface area contributed by atoms with E-state index in [2.05, 4.69) is 15.9 Å². The van der Waals surface area contributed by atoms with Gasteiger partial charge in [-0.2, -0.15) is 0 Å². The summed E-state index contributed by atoms with van der Waals surface area (Å²) >= 11 is 3.17. The number of benzene rings is 1. The summed E-state index contributed by atoms with van der Waals surface area (Å²) in [5.74, 6) is -0.805. The number of likely N-dealkylation sites (tertiary alicyclic amines) is 1. The number of nitrogens with two attached hydrogens (primary N) is 1. The van der Waals surface area contributed by atoms with Gasteiger partial charge in [-0.15, -0.1) is 0 Å². The lowest BCUT2D eigenvalue weighted by molar-refractivity contribution is -0.123. The van der Waals surface area contributed by atoms with Crippen LogP contribution in [-0.2, 0) is 4.79 Å². The molecule has 0 saturated carbocycles. The molecule has 0 aromatic heterocycles. The maximum absolute atomic E-state index is 12.3. The number of aromatic hydroxyl groups is 1. The minimum atomic E-state index is -0.365. The lowest BCUT2D eigenvalue weighted by atomic mass is 9.97. The summed E-state index contributed by atoms with van der Waals surface area (Å²) in [6.07, 6.45) is 1.49. The van der Waals surface area contributed by atoms with Gasteiger partial charge in [0.2, 0.25) is 5.91 Å². The second-order valence-corrected chi connectivity index (χ2v) is 5.51. The van der Waals surface area contributed by atoms with Crippen molar-refractivity contribution in [2.24, 2.45) is 11.7 Å². The van der Waals surface area contributed by atoms with Crippen LogP contribution in [0, 0.1) is 5.92 Å². The van der Waals surface area contributed by atoms with Crippen LogP contribution in [0.2, 0.25) is 0 Å². The number of phenols is 1. The largest absolute Gasteiger partial charge is 0.507 e. The third-order valence-corrected chi connectivity index (χ3v) is 3.97. The zero-order valence-electron chi connectivity index (χ0n) is 10.3. The number of primary amides is 1. The molecule has 1 aromatic carbocycles. The maximum Gasteiger partial charge on any atom is 0.254 e. The highest BCUT2D eigenvalue weighted by Gasteiger charge is 2.27. The Kier molecular flexibility index (Phi) is 4.09. The molecule has 6 heteroatoms. The number of carbonyl (C=O) groups is 2. The van der Waals surface area contributed by atoms with Crippen molar-refractivity contribution in [3.8, 4) is 5.75 Å². The fraction of sp³-hybridized carbons (Fsp3) is 0.385. The van der Waals surface area contributed by atoms with E-state index < -0.39 is 0 Å². The van der Waals surface area contributed by atoms with Gasteiger partial charge in [0, 0.05) is 18.7 Å². The fourth-order valence-corrected chi connectivity index (χ4v) is 2.47. The van der Waals surface area contributed by atoms with Crippen molar-refractivity contribution in [1.29, 1.82) is 0 Å². The molecule has 0 radical (unpaired) electrons. The molecule has 1 heterocycles. The van der Waals surface area contributed by atoms with Crippen molar-refractivity contribution in [3.05, 3.63) is 28.2 Å². The zero-order chi connectivity index (χ0) is 14.0. The monoisotopic (exact) mass is 326 g/mol. The standard InChI is InChI=1S/C13H15BrN2O3/c14-10-4-3-8(6-11(10)17)13(19)16-5-1-2-9(7-16)12(15)18/h3-4,6,9,17H,1-2,5,7H2,(H2,15,18)/t9-/m1/s1. The molecule has 2 rings (SSSR count). The lowest BCUT2D eigenvalue weighted by Crippen LogP contribution is -2.44. The summed E-state index contributed by atoms with van der Waals surface area (Å²) in [4.78, 5) is 25.1. The number of amides is 2. The molecule has 1 saturated heterocycles. The van der Waals surface area contributed by atoms with Crippen LogP contribution in [0.3, 0.4) is 0 Å². The van der Waals surface area contributed by atoms with Crippen molar-refractivity contribution in [2.45, 2.75) is 12.8 Å². The molecule has 5 nitrogen and oxygen atoms in total. The molecule has 0 spiro atoms. The summed E-state index contributed by atoms with van der Waals surface area (Å²) in [6.45, 7) is 0.963. The van der Waals surface area contributed by atoms with Gasteiger partial charge >= 0.3 is 0 Å². The minimum absolute atomic E-state index is 0.0225. The second-order valence-electron chi connectivity index (χ2n) is 4.66. The van der Waals surface area contributed by atoms with Crippen LogP contribution in [0.25, 0.3) is 0 Å². The predicted molar refractivity (Wildman–Crippen MR) is 73.6 cm³/mol. The molecule has 1 aromatic rings. The van der Waals surface area contributed by atoms with Crippen molar-refractivity contribution in [1.82, 2.24) is 4.90 Å². The van der Waals surface area contributed by atoms with E-state index in [1.54, 1.807) is 17.0 Å². The van der Waals surface area contributed by atoms with Crippen molar-refractivity contribution >= 4 is 27.7 Å². The summed E-state index contributed by atoms with van der Waals surface area (Å²) < 4.78 is 0.540. The normalized spacial score (nSPS) is 19.2. The topological polar surface area (TPSA) is 83.6 Å². The van der Waals surface area contributed by atoms with E-state index in [0.29, 0.717) is 23.1 Å². The lowest BCUT2D eigenvalue weighted by Gasteiger charge is -2.31. The van der Waals surface area contributed by atoms with E-state index in [-0.39, 0.29) is 23.5 Å². The number of phenolic OH excluding ortho intramolecular Hbond substituents is 1. The molecule has 2 amide bonds. The van der Waals surface area contributed by atoms with Crippen LogP contribution in [0.15, 0.2) is 22.7 Å². The number of rotatable bonds is 2. The second kappa shape index (κ2) is 5.61. The van der Waals surface area contributed by atoms with Crippen LogP contribution < -0.4 is 5.73 Å². The average Bonchev–Trinajstić information content (AvgIpc) is 2.41. The smallest absolute Gasteiger partial charge is 0.254 e. The Hall–Kier alpha value is -1.56. The number of hydrogen-bond acceptors (Lipinski definition) is 3. The van der Waals surface area contributed by atoms with Gasteiger partial charge in [0.1, 0.15) is 5.75 Å². The maximum atomic E-state index is 12.3. The molecule has 0 aliphatic carbocycles. The van der Waals surface area contributed by atoms with Gasteiger partial charge in [-0.1, -0.05) is 0 Å². The van der Waals surface area contributed by atoms with Gasteiger partial charge in [-0.05, 0) is 47.0 Å². The predicted octanol–water partition coefficient (Wildman–Crippen LogP) is 1.49. The number of carbonyl (C=O) groups excluding carboxylic acids is 2. The molecule has 1 atom stereocenters. The third-order valence-electron chi connectivity index (χ3n) is 3.30. The van der Waals surface area contributed by atoms with Gasteiger partial charge in [-0.3, -0.25) is 9.59 Å². The summed E-state index contributed by atoms with van der Waals surface area (Å²) in [5, 5.41) is 9.60. The van der Waals surface area contributed by atoms with Crippen LogP contribution >= 0.6 is 15.9 Å². The first-order valence-electron chi connectivity index (χ1n) is 6.06. The molecule has 102 valence electrons.